The van der Waals surface area contributed by atoms with Crippen LogP contribution in [0.4, 0.5) is 11.8 Å². The third-order valence-electron chi connectivity index (χ3n) is 2.98. The van der Waals surface area contributed by atoms with Crippen LogP contribution in [0.3, 0.4) is 0 Å². The van der Waals surface area contributed by atoms with Gasteiger partial charge in [-0.3, -0.25) is 0 Å². The monoisotopic (exact) mass is 260 g/mol. The number of furan rings is 1. The molecule has 1 fully saturated rings. The number of anilines is 2. The van der Waals surface area contributed by atoms with Crippen LogP contribution in [0.2, 0.25) is 0 Å². The molecule has 1 saturated heterocycles. The molecule has 3 rings (SSSR count). The highest BCUT2D eigenvalue weighted by atomic mass is 16.5. The maximum atomic E-state index is 5.33. The minimum absolute atomic E-state index is 0.583. The van der Waals surface area contributed by atoms with E-state index in [0.29, 0.717) is 12.5 Å². The van der Waals surface area contributed by atoms with E-state index in [4.69, 9.17) is 9.15 Å². The first-order valence-corrected chi connectivity index (χ1v) is 6.34. The van der Waals surface area contributed by atoms with E-state index in [0.717, 1.165) is 37.9 Å². The highest BCUT2D eigenvalue weighted by Gasteiger charge is 2.12. The molecule has 100 valence electrons. The van der Waals surface area contributed by atoms with Crippen molar-refractivity contribution in [1.29, 1.82) is 0 Å². The molecule has 1 N–H and O–H groups in total. The van der Waals surface area contributed by atoms with Gasteiger partial charge in [0.25, 0.3) is 0 Å². The van der Waals surface area contributed by atoms with E-state index in [-0.39, 0.29) is 0 Å². The zero-order valence-electron chi connectivity index (χ0n) is 10.6. The summed E-state index contributed by atoms with van der Waals surface area (Å²) in [5.74, 6) is 2.40. The zero-order valence-corrected chi connectivity index (χ0v) is 10.6. The van der Waals surface area contributed by atoms with Gasteiger partial charge >= 0.3 is 0 Å². The molecule has 1 aliphatic rings. The number of rotatable bonds is 4. The summed E-state index contributed by atoms with van der Waals surface area (Å²) in [5, 5.41) is 3.15. The Bertz CT molecular complexity index is 509. The summed E-state index contributed by atoms with van der Waals surface area (Å²) in [7, 11) is 0. The lowest BCUT2D eigenvalue weighted by atomic mass is 10.4. The fourth-order valence-corrected chi connectivity index (χ4v) is 1.98. The van der Waals surface area contributed by atoms with Gasteiger partial charge in [0.15, 0.2) is 0 Å². The number of aromatic nitrogens is 2. The maximum Gasteiger partial charge on any atom is 0.224 e. The number of hydrogen-bond acceptors (Lipinski definition) is 6. The average molecular weight is 260 g/mol. The predicted octanol–water partition coefficient (Wildman–Crippen LogP) is 1.52. The number of nitrogens with one attached hydrogen (secondary N) is 1. The SMILES string of the molecule is c1coc(CNc2nccc(N3CCOCC3)n2)c1. The molecule has 2 aromatic rings. The van der Waals surface area contributed by atoms with Gasteiger partial charge in [0.2, 0.25) is 5.95 Å². The molecule has 0 atom stereocenters. The van der Waals surface area contributed by atoms with Crippen LogP contribution in [0, 0.1) is 0 Å². The molecule has 0 spiro atoms. The van der Waals surface area contributed by atoms with E-state index >= 15 is 0 Å². The van der Waals surface area contributed by atoms with Crippen LogP contribution in [0.15, 0.2) is 35.1 Å². The lowest BCUT2D eigenvalue weighted by Crippen LogP contribution is -2.36. The summed E-state index contributed by atoms with van der Waals surface area (Å²) < 4.78 is 10.6. The van der Waals surface area contributed by atoms with Gasteiger partial charge in [-0.2, -0.15) is 4.98 Å². The summed E-state index contributed by atoms with van der Waals surface area (Å²) in [5.41, 5.74) is 0. The smallest absolute Gasteiger partial charge is 0.224 e. The number of ether oxygens (including phenoxy) is 1. The first kappa shape index (κ1) is 12.0. The quantitative estimate of drug-likeness (QED) is 0.899. The van der Waals surface area contributed by atoms with Gasteiger partial charge in [0.05, 0.1) is 26.0 Å². The summed E-state index contributed by atoms with van der Waals surface area (Å²) in [6.07, 6.45) is 3.42. The molecule has 1 aliphatic heterocycles. The highest BCUT2D eigenvalue weighted by molar-refractivity contribution is 5.42. The van der Waals surface area contributed by atoms with E-state index in [2.05, 4.69) is 20.2 Å². The average Bonchev–Trinajstić information content (AvgIpc) is 3.00. The lowest BCUT2D eigenvalue weighted by molar-refractivity contribution is 0.122. The van der Waals surface area contributed by atoms with Gasteiger partial charge in [0, 0.05) is 19.3 Å². The van der Waals surface area contributed by atoms with Gasteiger partial charge in [-0.1, -0.05) is 0 Å². The standard InChI is InChI=1S/C13H16N4O2/c1-2-11(19-7-1)10-15-13-14-4-3-12(16-13)17-5-8-18-9-6-17/h1-4,7H,5-6,8-10H2,(H,14,15,16). The lowest BCUT2D eigenvalue weighted by Gasteiger charge is -2.27. The molecule has 0 radical (unpaired) electrons. The molecule has 0 amide bonds. The molecular formula is C13H16N4O2. The van der Waals surface area contributed by atoms with Gasteiger partial charge < -0.3 is 19.4 Å². The van der Waals surface area contributed by atoms with Crippen molar-refractivity contribution in [2.75, 3.05) is 36.5 Å². The van der Waals surface area contributed by atoms with Crippen LogP contribution in [0.1, 0.15) is 5.76 Å². The Morgan fingerprint density at radius 3 is 2.95 bits per heavy atom. The van der Waals surface area contributed by atoms with Crippen LogP contribution >= 0.6 is 0 Å². The Morgan fingerprint density at radius 1 is 1.26 bits per heavy atom. The van der Waals surface area contributed by atoms with Crippen molar-refractivity contribution in [3.8, 4) is 0 Å². The molecule has 19 heavy (non-hydrogen) atoms. The topological polar surface area (TPSA) is 63.4 Å². The number of hydrogen-bond donors (Lipinski definition) is 1. The fourth-order valence-electron chi connectivity index (χ4n) is 1.98. The third kappa shape index (κ3) is 3.03. The van der Waals surface area contributed by atoms with E-state index in [9.17, 15) is 0 Å². The molecule has 0 bridgehead atoms. The normalized spacial score (nSPS) is 15.5. The molecular weight excluding hydrogens is 244 g/mol. The second-order valence-corrected chi connectivity index (χ2v) is 4.27. The minimum atomic E-state index is 0.583. The van der Waals surface area contributed by atoms with Crippen molar-refractivity contribution in [1.82, 2.24) is 9.97 Å². The maximum absolute atomic E-state index is 5.33. The largest absolute Gasteiger partial charge is 0.467 e. The highest BCUT2D eigenvalue weighted by Crippen LogP contribution is 2.14. The zero-order chi connectivity index (χ0) is 12.9. The van der Waals surface area contributed by atoms with Crippen molar-refractivity contribution in [2.45, 2.75) is 6.54 Å². The van der Waals surface area contributed by atoms with E-state index in [1.807, 2.05) is 18.2 Å². The molecule has 2 aromatic heterocycles. The van der Waals surface area contributed by atoms with E-state index in [1.165, 1.54) is 0 Å². The van der Waals surface area contributed by atoms with Crippen LogP contribution in [0.5, 0.6) is 0 Å². The van der Waals surface area contributed by atoms with E-state index < -0.39 is 0 Å². The van der Waals surface area contributed by atoms with E-state index in [1.54, 1.807) is 12.5 Å². The Hall–Kier alpha value is -2.08. The predicted molar refractivity (Wildman–Crippen MR) is 71.1 cm³/mol. The second kappa shape index (κ2) is 5.71. The first-order valence-electron chi connectivity index (χ1n) is 6.34. The van der Waals surface area contributed by atoms with Gasteiger partial charge in [-0.25, -0.2) is 4.98 Å². The molecule has 0 unspecified atom stereocenters. The Morgan fingerprint density at radius 2 is 2.16 bits per heavy atom. The van der Waals surface area contributed by atoms with Crippen molar-refractivity contribution in [2.24, 2.45) is 0 Å². The van der Waals surface area contributed by atoms with Crippen LogP contribution in [0.25, 0.3) is 0 Å². The minimum Gasteiger partial charge on any atom is -0.467 e. The Balaban J connectivity index is 1.65. The molecule has 6 heteroatoms. The summed E-state index contributed by atoms with van der Waals surface area (Å²) in [4.78, 5) is 10.9. The molecule has 0 aromatic carbocycles. The van der Waals surface area contributed by atoms with Crippen molar-refractivity contribution in [3.63, 3.8) is 0 Å². The number of nitrogens with zero attached hydrogens (tertiary/aromatic N) is 3. The number of morpholine rings is 1. The molecule has 6 nitrogen and oxygen atoms in total. The molecule has 0 aliphatic carbocycles. The summed E-state index contributed by atoms with van der Waals surface area (Å²) >= 11 is 0. The third-order valence-corrected chi connectivity index (χ3v) is 2.98. The molecule has 0 saturated carbocycles. The van der Waals surface area contributed by atoms with Gasteiger partial charge in [0.1, 0.15) is 11.6 Å². The second-order valence-electron chi connectivity index (χ2n) is 4.27. The van der Waals surface area contributed by atoms with Crippen molar-refractivity contribution >= 4 is 11.8 Å². The first-order chi connectivity index (χ1) is 9.42. The fraction of sp³-hybridized carbons (Fsp3) is 0.385. The van der Waals surface area contributed by atoms with Crippen LogP contribution in [-0.4, -0.2) is 36.3 Å². The Kier molecular flexibility index (Phi) is 3.60. The summed E-state index contributed by atoms with van der Waals surface area (Å²) in [6, 6.07) is 5.70. The van der Waals surface area contributed by atoms with Crippen LogP contribution < -0.4 is 10.2 Å². The molecule has 3 heterocycles. The van der Waals surface area contributed by atoms with Gasteiger partial charge in [-0.15, -0.1) is 0 Å². The Labute approximate surface area is 111 Å². The van der Waals surface area contributed by atoms with Crippen LogP contribution in [-0.2, 0) is 11.3 Å². The van der Waals surface area contributed by atoms with Crippen molar-refractivity contribution < 1.29 is 9.15 Å². The van der Waals surface area contributed by atoms with Gasteiger partial charge in [-0.05, 0) is 18.2 Å². The summed E-state index contributed by atoms with van der Waals surface area (Å²) in [6.45, 7) is 3.82. The van der Waals surface area contributed by atoms with Crippen molar-refractivity contribution in [3.05, 3.63) is 36.4 Å².